The van der Waals surface area contributed by atoms with Crippen LogP contribution in [0, 0.1) is 57.2 Å². The van der Waals surface area contributed by atoms with Crippen LogP contribution in [-0.2, 0) is 103 Å². The van der Waals surface area contributed by atoms with E-state index in [4.69, 9.17) is 33.9 Å². The summed E-state index contributed by atoms with van der Waals surface area (Å²) in [6.45, 7) is 41.5. The lowest BCUT2D eigenvalue weighted by Gasteiger charge is -2.49. The van der Waals surface area contributed by atoms with Crippen LogP contribution in [0.25, 0.3) is 0 Å². The highest BCUT2D eigenvalue weighted by molar-refractivity contribution is 7.87. The van der Waals surface area contributed by atoms with E-state index >= 15 is 0 Å². The number of benzene rings is 5. The van der Waals surface area contributed by atoms with Crippen molar-refractivity contribution in [2.24, 2.45) is 57.2 Å². The molecule has 0 amide bonds. The second-order valence-electron chi connectivity index (χ2n) is 37.6. The number of phenols is 2. The Morgan fingerprint density at radius 1 is 0.546 bits per heavy atom. The average molecular weight is 1920 g/mol. The molecule has 4 bridgehead atoms. The third-order valence-corrected chi connectivity index (χ3v) is 28.0. The summed E-state index contributed by atoms with van der Waals surface area (Å²) in [6.07, 6.45) is 3.40. The van der Waals surface area contributed by atoms with Gasteiger partial charge >= 0.3 is 52.5 Å². The van der Waals surface area contributed by atoms with Crippen LogP contribution < -0.4 is 0 Å². The van der Waals surface area contributed by atoms with Gasteiger partial charge in [0.15, 0.2) is 39.1 Å². The molecule has 5 aromatic carbocycles. The summed E-state index contributed by atoms with van der Waals surface area (Å²) >= 11 is 6.71. The molecule has 21 nitrogen and oxygen atoms in total. The van der Waals surface area contributed by atoms with E-state index in [2.05, 4.69) is 97.0 Å². The van der Waals surface area contributed by atoms with Gasteiger partial charge in [-0.1, -0.05) is 175 Å². The molecule has 3 aliphatic carbocycles. The highest BCUT2D eigenvalue weighted by Gasteiger charge is 2.67. The average Bonchev–Trinajstić information content (AvgIpc) is 1.55. The van der Waals surface area contributed by atoms with Crippen molar-refractivity contribution < 1.29 is 129 Å². The van der Waals surface area contributed by atoms with E-state index in [1.54, 1.807) is 31.2 Å². The molecule has 3 saturated carbocycles. The fourth-order valence-corrected chi connectivity index (χ4v) is 15.9. The van der Waals surface area contributed by atoms with E-state index in [-0.39, 0.29) is 59.4 Å². The largest absolute Gasteiger partial charge is 0.743 e. The Hall–Kier alpha value is -7.49. The van der Waals surface area contributed by atoms with E-state index in [9.17, 15) is 85.4 Å². The van der Waals surface area contributed by atoms with Gasteiger partial charge in [-0.25, -0.2) is 21.6 Å². The lowest BCUT2D eigenvalue weighted by molar-refractivity contribution is -0.262. The van der Waals surface area contributed by atoms with Crippen LogP contribution >= 0.6 is 0 Å². The molecule has 0 aromatic heterocycles. The summed E-state index contributed by atoms with van der Waals surface area (Å²) in [5.41, 5.74) is 0.480. The zero-order chi connectivity index (χ0) is 99.5. The molecular formula is C98H143F7O21S4. The van der Waals surface area contributed by atoms with Gasteiger partial charge in [-0.2, -0.15) is 30.7 Å². The van der Waals surface area contributed by atoms with Gasteiger partial charge in [0.1, 0.15) is 38.6 Å². The van der Waals surface area contributed by atoms with Crippen molar-refractivity contribution in [1.82, 2.24) is 0 Å². The summed E-state index contributed by atoms with van der Waals surface area (Å²) in [6, 6.07) is 42.5. The Morgan fingerprint density at radius 2 is 0.962 bits per heavy atom. The van der Waals surface area contributed by atoms with Crippen LogP contribution in [0.4, 0.5) is 30.7 Å². The van der Waals surface area contributed by atoms with E-state index in [1.165, 1.54) is 69.6 Å². The Morgan fingerprint density at radius 3 is 1.33 bits per heavy atom. The molecule has 6 aliphatic rings. The number of ether oxygens (including phenoxy) is 7. The van der Waals surface area contributed by atoms with Crippen molar-refractivity contribution >= 4 is 81.3 Å². The predicted octanol–water partition coefficient (Wildman–Crippen LogP) is 21.9. The van der Waals surface area contributed by atoms with Crippen molar-refractivity contribution in [2.75, 3.05) is 6.61 Å². The molecule has 32 heteroatoms. The number of hydrogen-bond donors (Lipinski definition) is 2. The minimum absolute atomic E-state index is 0.0369. The van der Waals surface area contributed by atoms with E-state index in [0.29, 0.717) is 60.0 Å². The van der Waals surface area contributed by atoms with Crippen LogP contribution in [0.1, 0.15) is 300 Å². The fourth-order valence-electron chi connectivity index (χ4n) is 14.8. The van der Waals surface area contributed by atoms with Crippen molar-refractivity contribution in [3.63, 3.8) is 0 Å². The zero-order valence-corrected chi connectivity index (χ0v) is 83.3. The lowest BCUT2D eigenvalue weighted by atomic mass is 9.60. The summed E-state index contributed by atoms with van der Waals surface area (Å²) in [5.74, 6) is 2.99. The van der Waals surface area contributed by atoms with Crippen LogP contribution in [0.3, 0.4) is 0 Å². The highest BCUT2D eigenvalue weighted by atomic mass is 32.2. The monoisotopic (exact) mass is 1920 g/mol. The molecule has 15 atom stereocenters. The molecule has 130 heavy (non-hydrogen) atoms. The minimum atomic E-state index is -6.66. The summed E-state index contributed by atoms with van der Waals surface area (Å²) in [4.78, 5) is 73.0. The number of carbonyl (C=O) groups is 6. The number of esters is 6. The first-order chi connectivity index (χ1) is 59.9. The molecule has 734 valence electrons. The maximum absolute atomic E-state index is 13.0. The predicted molar refractivity (Wildman–Crippen MR) is 493 cm³/mol. The van der Waals surface area contributed by atoms with Gasteiger partial charge in [0.25, 0.3) is 6.10 Å². The van der Waals surface area contributed by atoms with Crippen molar-refractivity contribution in [1.29, 1.82) is 0 Å². The third kappa shape index (κ3) is 34.1. The molecule has 0 radical (unpaired) electrons. The number of hydrogen-bond acceptors (Lipinski definition) is 21. The van der Waals surface area contributed by atoms with Gasteiger partial charge in [-0.3, -0.25) is 24.0 Å². The Bertz CT molecular complexity index is 4480. The standard InChI is InChI=1S/C21H36O2.C15H22O2.C13H18O5.2C10H14O.C9H13F5O5S.C8H14F2O5S.2C6H6S/c1-6-14-10-9-11-16-15-12-17(18(14)16)21(8-3,13-15)23-19(22)20(4,5)7-2;1-6-11(2)12-7-9-13(10-8-12)14(16)17-15(3,4)5;1-4-13(2,3)12(15)18-9-7-5-6-8(16-7)10(9)17-11(6)14;2*1-3-8(2)9-4-6-10(11)7-5-9;1-4-7(2,3)6(15)19-5(8(10,11)12)9(13,14)20(16,17)18;1-4-7(2,3)6(11)15-5-8(9,10)16(12,13)14;2*7-6-4-2-1-3-5-6/h14-18H,6-13H2,1-5H3;7-11H,6H2,1-5H3;6-10H,4-5H2,1-3H3;2*4-8,11H,3H2,1-2H3;5H,4H2,1-3H3,(H,16,17,18);4-5H2,1-3H3,(H,12,13,14);2*1-5,7H. The molecule has 3 aliphatic heterocycles. The highest BCUT2D eigenvalue weighted by Crippen LogP contribution is 2.65. The Kier molecular flexibility index (Phi) is 45.0. The Balaban J connectivity index is 0.000000385. The molecule has 3 heterocycles. The molecule has 6 fully saturated rings. The number of phenolic OH excluding ortho intramolecular Hbond substituents is 2. The van der Waals surface area contributed by atoms with Crippen LogP contribution in [0.5, 0.6) is 11.5 Å². The first-order valence-corrected chi connectivity index (χ1v) is 48.6. The Labute approximate surface area is 778 Å². The van der Waals surface area contributed by atoms with Crippen LogP contribution in [0.2, 0.25) is 0 Å². The maximum Gasteiger partial charge on any atom is 0.432 e. The molecule has 11 rings (SSSR count). The van der Waals surface area contributed by atoms with Crippen molar-refractivity contribution in [3.8, 4) is 11.5 Å². The topological polar surface area (TPSA) is 322 Å². The van der Waals surface area contributed by atoms with E-state index in [1.807, 2.05) is 165 Å². The summed E-state index contributed by atoms with van der Waals surface area (Å²) in [7, 11) is -12.5. The van der Waals surface area contributed by atoms with Crippen molar-refractivity contribution in [3.05, 3.63) is 156 Å². The molecule has 2 N–H and O–H groups in total. The SMILES string of the molecule is CCC(C)(C)C(=O)OC(C(F)(F)F)C(F)(F)S(=O)(=O)[O-].CCC(C)(C)C(=O)OC1C2CC3C(=O)OC1C3O2.CCC(C)(C)C(=O)OCC(F)(F)S(=O)(=O)[O-].CCC(C)c1ccc(C(=O)OC(C)(C)C)cc1.CCC(C)c1ccc(O)cc1.CCC(C)c1ccc(O)cc1.CCC1CCCC2C3CC(C12)C(CC)(OC(=O)C(C)(C)CC)C3.[SH2+]c1ccccc1.[SH2+]c1ccccc1. The number of fused-ring (bicyclic) bond motifs is 6. The number of carbonyl (C=O) groups excluding carboxylic acids is 6. The first kappa shape index (κ1) is 117. The number of aromatic hydroxyl groups is 2. The van der Waals surface area contributed by atoms with Gasteiger partial charge in [0.05, 0.1) is 39.2 Å². The van der Waals surface area contributed by atoms with Gasteiger partial charge in [-0.05, 0) is 297 Å². The van der Waals surface area contributed by atoms with Crippen LogP contribution in [-0.4, -0.2) is 137 Å². The molecule has 3 saturated heterocycles. The van der Waals surface area contributed by atoms with Crippen molar-refractivity contribution in [2.45, 2.75) is 342 Å². The van der Waals surface area contributed by atoms with Gasteiger partial charge in [-0.15, -0.1) is 0 Å². The van der Waals surface area contributed by atoms with Gasteiger partial charge in [0, 0.05) is 5.92 Å². The van der Waals surface area contributed by atoms with Gasteiger partial charge < -0.3 is 52.5 Å². The second kappa shape index (κ2) is 50.2. The minimum Gasteiger partial charge on any atom is -0.743 e. The second-order valence-corrected chi connectivity index (χ2v) is 41.7. The number of rotatable bonds is 25. The summed E-state index contributed by atoms with van der Waals surface area (Å²) < 4.78 is 185. The van der Waals surface area contributed by atoms with Crippen LogP contribution in [0.15, 0.2) is 143 Å². The smallest absolute Gasteiger partial charge is 0.432 e. The van der Waals surface area contributed by atoms with Gasteiger partial charge in [0.2, 0.25) is 0 Å². The lowest BCUT2D eigenvalue weighted by Crippen LogP contribution is -2.53. The molecule has 0 spiro atoms. The zero-order valence-electron chi connectivity index (χ0n) is 79.7. The molecule has 5 aromatic rings. The number of halogens is 7. The fraction of sp³-hybridized carbons (Fsp3) is 0.633. The summed E-state index contributed by atoms with van der Waals surface area (Å²) in [5, 5.41) is 7.62. The molecule has 15 unspecified atom stereocenters. The van der Waals surface area contributed by atoms with E-state index in [0.717, 1.165) is 85.8 Å². The third-order valence-electron chi connectivity index (χ3n) is 25.6. The maximum atomic E-state index is 13.0. The normalized spacial score (nSPS) is 22.2. The van der Waals surface area contributed by atoms with E-state index < -0.39 is 95.6 Å². The molecular weight excluding hydrogens is 1770 g/mol. The first-order valence-electron chi connectivity index (χ1n) is 44.8. The number of alkyl halides is 7. The quantitative estimate of drug-likeness (QED) is 0.0180.